The molecule has 0 N–H and O–H groups in total. The summed E-state index contributed by atoms with van der Waals surface area (Å²) in [7, 11) is 0. The summed E-state index contributed by atoms with van der Waals surface area (Å²) in [5.74, 6) is 0.573. The minimum absolute atomic E-state index is 0.0587. The molecule has 0 aliphatic carbocycles. The minimum Gasteiger partial charge on any atom is -0.466 e. The smallest absolute Gasteiger partial charge is 0.305 e. The van der Waals surface area contributed by atoms with Crippen LogP contribution in [0.4, 0.5) is 0 Å². The van der Waals surface area contributed by atoms with Gasteiger partial charge in [-0.25, -0.2) is 0 Å². The Kier molecular flexibility index (Phi) is 23.6. The zero-order chi connectivity index (χ0) is 19.8. The minimum atomic E-state index is -0.0587. The van der Waals surface area contributed by atoms with E-state index >= 15 is 0 Å². The molecule has 0 aromatic carbocycles. The molecule has 0 aliphatic heterocycles. The third-order valence-electron chi connectivity index (χ3n) is 5.28. The first-order chi connectivity index (χ1) is 13.3. The monoisotopic (exact) mass is 402 g/mol. The molecule has 162 valence electrons. The number of carbonyl (C=O) groups is 1. The standard InChI is InChI=1S/C24H47ClO2/c1-2-3-4-5-6-7-8-9-10-11-12-13-14-15-16-17-20-23-27-24(26)21-18-19-22-25/h2-23H2,1H3. The quantitative estimate of drug-likeness (QED) is 0.103. The van der Waals surface area contributed by atoms with Gasteiger partial charge in [-0.1, -0.05) is 110 Å². The van der Waals surface area contributed by atoms with Gasteiger partial charge in [0, 0.05) is 12.3 Å². The second-order valence-electron chi connectivity index (χ2n) is 8.02. The topological polar surface area (TPSA) is 26.3 Å². The van der Waals surface area contributed by atoms with Crippen molar-refractivity contribution in [1.82, 2.24) is 0 Å². The van der Waals surface area contributed by atoms with Crippen LogP contribution in [0.1, 0.15) is 135 Å². The highest BCUT2D eigenvalue weighted by Gasteiger charge is 2.01. The average Bonchev–Trinajstić information content (AvgIpc) is 2.67. The van der Waals surface area contributed by atoms with Crippen LogP contribution < -0.4 is 0 Å². The number of rotatable bonds is 22. The average molecular weight is 403 g/mol. The lowest BCUT2D eigenvalue weighted by Gasteiger charge is -2.05. The molecule has 0 spiro atoms. The maximum atomic E-state index is 11.4. The fourth-order valence-electron chi connectivity index (χ4n) is 3.45. The lowest BCUT2D eigenvalue weighted by molar-refractivity contribution is -0.143. The van der Waals surface area contributed by atoms with Crippen LogP contribution in [0.15, 0.2) is 0 Å². The van der Waals surface area contributed by atoms with Gasteiger partial charge >= 0.3 is 5.97 Å². The fraction of sp³-hybridized carbons (Fsp3) is 0.958. The Bertz CT molecular complexity index is 294. The number of alkyl halides is 1. The molecule has 0 heterocycles. The summed E-state index contributed by atoms with van der Waals surface area (Å²) in [5, 5.41) is 0. The fourth-order valence-corrected chi connectivity index (χ4v) is 3.64. The summed E-state index contributed by atoms with van der Waals surface area (Å²) >= 11 is 5.59. The number of halogens is 1. The third kappa shape index (κ3) is 23.7. The van der Waals surface area contributed by atoms with Crippen molar-refractivity contribution in [2.75, 3.05) is 12.5 Å². The van der Waals surface area contributed by atoms with Crippen LogP contribution in [0.2, 0.25) is 0 Å². The molecule has 3 heteroatoms. The van der Waals surface area contributed by atoms with Gasteiger partial charge in [-0.2, -0.15) is 0 Å². The molecule has 27 heavy (non-hydrogen) atoms. The molecule has 2 nitrogen and oxygen atoms in total. The van der Waals surface area contributed by atoms with Gasteiger partial charge in [-0.15, -0.1) is 11.6 Å². The Morgan fingerprint density at radius 1 is 0.593 bits per heavy atom. The summed E-state index contributed by atoms with van der Waals surface area (Å²) < 4.78 is 5.23. The van der Waals surface area contributed by atoms with Crippen molar-refractivity contribution in [3.8, 4) is 0 Å². The maximum absolute atomic E-state index is 11.4. The van der Waals surface area contributed by atoms with Crippen molar-refractivity contribution < 1.29 is 9.53 Å². The first kappa shape index (κ1) is 26.8. The lowest BCUT2D eigenvalue weighted by atomic mass is 10.0. The second-order valence-corrected chi connectivity index (χ2v) is 8.40. The predicted molar refractivity (Wildman–Crippen MR) is 120 cm³/mol. The van der Waals surface area contributed by atoms with Crippen LogP contribution in [0.5, 0.6) is 0 Å². The van der Waals surface area contributed by atoms with Gasteiger partial charge < -0.3 is 4.74 Å². The SMILES string of the molecule is CCCCCCCCCCCCCCCCCCCOC(=O)CCCCCl. The van der Waals surface area contributed by atoms with Gasteiger partial charge in [0.05, 0.1) is 6.61 Å². The van der Waals surface area contributed by atoms with Gasteiger partial charge in [0.15, 0.2) is 0 Å². The number of unbranched alkanes of at least 4 members (excludes halogenated alkanes) is 17. The van der Waals surface area contributed by atoms with E-state index in [1.807, 2.05) is 0 Å². The van der Waals surface area contributed by atoms with Gasteiger partial charge in [-0.05, 0) is 19.3 Å². The zero-order valence-corrected chi connectivity index (χ0v) is 19.0. The van der Waals surface area contributed by atoms with E-state index in [-0.39, 0.29) is 5.97 Å². The van der Waals surface area contributed by atoms with E-state index < -0.39 is 0 Å². The molecule has 0 saturated carbocycles. The highest BCUT2D eigenvalue weighted by Crippen LogP contribution is 2.14. The Morgan fingerprint density at radius 3 is 1.41 bits per heavy atom. The molecular weight excluding hydrogens is 356 g/mol. The number of hydrogen-bond donors (Lipinski definition) is 0. The number of esters is 1. The summed E-state index contributed by atoms with van der Waals surface area (Å²) in [5.41, 5.74) is 0. The Hall–Kier alpha value is -0.240. The molecule has 0 bridgehead atoms. The predicted octanol–water partition coefficient (Wildman–Crippen LogP) is 8.59. The van der Waals surface area contributed by atoms with Crippen molar-refractivity contribution in [2.24, 2.45) is 0 Å². The lowest BCUT2D eigenvalue weighted by Crippen LogP contribution is -2.05. The van der Waals surface area contributed by atoms with Crippen LogP contribution in [0, 0.1) is 0 Å². The van der Waals surface area contributed by atoms with E-state index in [1.165, 1.54) is 103 Å². The molecule has 0 rings (SSSR count). The largest absolute Gasteiger partial charge is 0.466 e. The highest BCUT2D eigenvalue weighted by molar-refractivity contribution is 6.17. The zero-order valence-electron chi connectivity index (χ0n) is 18.3. The van der Waals surface area contributed by atoms with E-state index in [1.54, 1.807) is 0 Å². The number of hydrogen-bond acceptors (Lipinski definition) is 2. The molecule has 0 unspecified atom stereocenters. The van der Waals surface area contributed by atoms with E-state index in [0.29, 0.717) is 18.9 Å². The normalized spacial score (nSPS) is 11.0. The number of carbonyl (C=O) groups excluding carboxylic acids is 1. The van der Waals surface area contributed by atoms with Crippen LogP contribution in [-0.2, 0) is 9.53 Å². The van der Waals surface area contributed by atoms with E-state index in [0.717, 1.165) is 19.3 Å². The maximum Gasteiger partial charge on any atom is 0.305 e. The van der Waals surface area contributed by atoms with Crippen molar-refractivity contribution in [3.05, 3.63) is 0 Å². The molecule has 0 radical (unpaired) electrons. The van der Waals surface area contributed by atoms with Gasteiger partial charge in [-0.3, -0.25) is 4.79 Å². The third-order valence-corrected chi connectivity index (χ3v) is 5.54. The van der Waals surface area contributed by atoms with Crippen molar-refractivity contribution >= 4 is 17.6 Å². The van der Waals surface area contributed by atoms with Crippen LogP contribution in [0.3, 0.4) is 0 Å². The van der Waals surface area contributed by atoms with E-state index in [2.05, 4.69) is 6.92 Å². The summed E-state index contributed by atoms with van der Waals surface area (Å²) in [6.45, 7) is 2.88. The molecule has 0 atom stereocenters. The number of ether oxygens (including phenoxy) is 1. The van der Waals surface area contributed by atoms with Crippen molar-refractivity contribution in [3.63, 3.8) is 0 Å². The summed E-state index contributed by atoms with van der Waals surface area (Å²) in [6, 6.07) is 0. The molecule has 0 aromatic rings. The summed E-state index contributed by atoms with van der Waals surface area (Å²) in [4.78, 5) is 11.4. The van der Waals surface area contributed by atoms with E-state index in [9.17, 15) is 4.79 Å². The highest BCUT2D eigenvalue weighted by atomic mass is 35.5. The van der Waals surface area contributed by atoms with Gasteiger partial charge in [0.2, 0.25) is 0 Å². The van der Waals surface area contributed by atoms with Gasteiger partial charge in [0.1, 0.15) is 0 Å². The Labute approximate surface area is 175 Å². The molecule has 0 aromatic heterocycles. The first-order valence-corrected chi connectivity index (χ1v) is 12.6. The van der Waals surface area contributed by atoms with Crippen LogP contribution >= 0.6 is 11.6 Å². The summed E-state index contributed by atoms with van der Waals surface area (Å²) in [6.07, 6.45) is 25.6. The second kappa shape index (κ2) is 23.8. The molecule has 0 aliphatic rings. The molecule has 0 fully saturated rings. The van der Waals surface area contributed by atoms with E-state index in [4.69, 9.17) is 16.3 Å². The Balaban J connectivity index is 3.06. The molecular formula is C24H47ClO2. The van der Waals surface area contributed by atoms with Crippen molar-refractivity contribution in [2.45, 2.75) is 135 Å². The first-order valence-electron chi connectivity index (χ1n) is 12.0. The molecule has 0 saturated heterocycles. The Morgan fingerprint density at radius 2 is 1.00 bits per heavy atom. The molecule has 0 amide bonds. The van der Waals surface area contributed by atoms with Crippen molar-refractivity contribution in [1.29, 1.82) is 0 Å². The van der Waals surface area contributed by atoms with Crippen LogP contribution in [0.25, 0.3) is 0 Å². The van der Waals surface area contributed by atoms with Crippen LogP contribution in [-0.4, -0.2) is 18.5 Å². The van der Waals surface area contributed by atoms with Gasteiger partial charge in [0.25, 0.3) is 0 Å².